The van der Waals surface area contributed by atoms with Gasteiger partial charge in [0, 0.05) is 30.4 Å². The molecule has 2 heteroatoms. The highest BCUT2D eigenvalue weighted by Gasteiger charge is 2.30. The number of fused-ring (bicyclic) bond motifs is 1. The summed E-state index contributed by atoms with van der Waals surface area (Å²) in [6.07, 6.45) is 3.95. The zero-order valence-corrected chi connectivity index (χ0v) is 10.8. The molecular weight excluding hydrogens is 208 g/mol. The van der Waals surface area contributed by atoms with Gasteiger partial charge in [-0.05, 0) is 44.7 Å². The largest absolute Gasteiger partial charge is 0.364 e. The Morgan fingerprint density at radius 1 is 1.35 bits per heavy atom. The Morgan fingerprint density at radius 3 is 2.88 bits per heavy atom. The molecule has 1 aliphatic heterocycles. The van der Waals surface area contributed by atoms with E-state index in [1.165, 1.54) is 30.5 Å². The molecule has 0 spiro atoms. The van der Waals surface area contributed by atoms with Crippen LogP contribution in [-0.2, 0) is 6.42 Å². The van der Waals surface area contributed by atoms with E-state index < -0.39 is 0 Å². The van der Waals surface area contributed by atoms with Gasteiger partial charge in [0.25, 0.3) is 0 Å². The molecule has 2 nitrogen and oxygen atoms in total. The van der Waals surface area contributed by atoms with Crippen molar-refractivity contribution in [1.82, 2.24) is 5.32 Å². The molecular formula is C15H22N2. The van der Waals surface area contributed by atoms with E-state index in [2.05, 4.69) is 48.3 Å². The van der Waals surface area contributed by atoms with Crippen LogP contribution in [0.15, 0.2) is 24.3 Å². The first-order valence-electron chi connectivity index (χ1n) is 6.85. The Labute approximate surface area is 104 Å². The number of hydrogen-bond donors (Lipinski definition) is 1. The predicted molar refractivity (Wildman–Crippen MR) is 72.6 cm³/mol. The summed E-state index contributed by atoms with van der Waals surface area (Å²) in [6, 6.07) is 10.9. The average molecular weight is 230 g/mol. The standard InChI is InChI=1S/C15H22N2/c1-11-9-13-5-3-4-6-15(13)17(11)12(2)10-16-14-7-8-14/h3-6,11-12,14,16H,7-10H2,1-2H3. The van der Waals surface area contributed by atoms with E-state index in [1.54, 1.807) is 0 Å². The number of nitrogens with zero attached hydrogens (tertiary/aromatic N) is 1. The zero-order valence-electron chi connectivity index (χ0n) is 10.8. The summed E-state index contributed by atoms with van der Waals surface area (Å²) in [5.74, 6) is 0. The van der Waals surface area contributed by atoms with Crippen molar-refractivity contribution in [2.24, 2.45) is 0 Å². The summed E-state index contributed by atoms with van der Waals surface area (Å²) in [6.45, 7) is 5.80. The van der Waals surface area contributed by atoms with Gasteiger partial charge in [-0.1, -0.05) is 18.2 Å². The minimum Gasteiger partial charge on any atom is -0.364 e. The van der Waals surface area contributed by atoms with Gasteiger partial charge >= 0.3 is 0 Å². The van der Waals surface area contributed by atoms with Crippen LogP contribution in [-0.4, -0.2) is 24.7 Å². The van der Waals surface area contributed by atoms with Gasteiger partial charge in [0.2, 0.25) is 0 Å². The van der Waals surface area contributed by atoms with E-state index in [-0.39, 0.29) is 0 Å². The first kappa shape index (κ1) is 11.1. The maximum absolute atomic E-state index is 3.64. The van der Waals surface area contributed by atoms with Crippen LogP contribution in [0.25, 0.3) is 0 Å². The lowest BCUT2D eigenvalue weighted by atomic mass is 10.1. The third kappa shape index (κ3) is 2.19. The Kier molecular flexibility index (Phi) is 2.83. The first-order valence-corrected chi connectivity index (χ1v) is 6.85. The van der Waals surface area contributed by atoms with Crippen LogP contribution in [0.2, 0.25) is 0 Å². The van der Waals surface area contributed by atoms with E-state index in [4.69, 9.17) is 0 Å². The molecule has 1 aliphatic carbocycles. The second kappa shape index (κ2) is 4.34. The summed E-state index contributed by atoms with van der Waals surface area (Å²) in [7, 11) is 0. The molecule has 17 heavy (non-hydrogen) atoms. The van der Waals surface area contributed by atoms with E-state index in [1.807, 2.05) is 0 Å². The minimum atomic E-state index is 0.592. The second-order valence-corrected chi connectivity index (χ2v) is 5.62. The summed E-state index contributed by atoms with van der Waals surface area (Å²) in [4.78, 5) is 2.59. The van der Waals surface area contributed by atoms with Crippen molar-refractivity contribution < 1.29 is 0 Å². The van der Waals surface area contributed by atoms with Crippen LogP contribution in [0.1, 0.15) is 32.3 Å². The van der Waals surface area contributed by atoms with Crippen molar-refractivity contribution in [2.45, 2.75) is 51.2 Å². The Morgan fingerprint density at radius 2 is 2.12 bits per heavy atom. The fourth-order valence-corrected chi connectivity index (χ4v) is 2.98. The summed E-state index contributed by atoms with van der Waals surface area (Å²) < 4.78 is 0. The van der Waals surface area contributed by atoms with E-state index in [0.717, 1.165) is 12.6 Å². The number of nitrogens with one attached hydrogen (secondary N) is 1. The maximum atomic E-state index is 3.64. The SMILES string of the molecule is CC(CNC1CC1)N1c2ccccc2CC1C. The fourth-order valence-electron chi connectivity index (χ4n) is 2.98. The van der Waals surface area contributed by atoms with Crippen molar-refractivity contribution in [2.75, 3.05) is 11.4 Å². The van der Waals surface area contributed by atoms with Crippen molar-refractivity contribution >= 4 is 5.69 Å². The van der Waals surface area contributed by atoms with Gasteiger partial charge in [-0.2, -0.15) is 0 Å². The molecule has 92 valence electrons. The van der Waals surface area contributed by atoms with Crippen LogP contribution >= 0.6 is 0 Å². The molecule has 0 saturated heterocycles. The lowest BCUT2D eigenvalue weighted by Crippen LogP contribution is -2.44. The maximum Gasteiger partial charge on any atom is 0.0404 e. The molecule has 0 bridgehead atoms. The predicted octanol–water partition coefficient (Wildman–Crippen LogP) is 2.58. The van der Waals surface area contributed by atoms with Crippen LogP contribution < -0.4 is 10.2 Å². The average Bonchev–Trinajstić information content (AvgIpc) is 3.07. The molecule has 0 aromatic heterocycles. The molecule has 0 amide bonds. The molecule has 0 radical (unpaired) electrons. The van der Waals surface area contributed by atoms with Gasteiger partial charge in [0.1, 0.15) is 0 Å². The molecule has 2 atom stereocenters. The Hall–Kier alpha value is -1.02. The lowest BCUT2D eigenvalue weighted by molar-refractivity contribution is 0.526. The third-order valence-corrected chi connectivity index (χ3v) is 4.01. The summed E-state index contributed by atoms with van der Waals surface area (Å²) in [5.41, 5.74) is 2.96. The van der Waals surface area contributed by atoms with Gasteiger partial charge in [-0.3, -0.25) is 0 Å². The Bertz CT molecular complexity index is 398. The number of rotatable bonds is 4. The van der Waals surface area contributed by atoms with Crippen molar-refractivity contribution in [3.05, 3.63) is 29.8 Å². The summed E-state index contributed by atoms with van der Waals surface area (Å²) >= 11 is 0. The molecule has 1 N–H and O–H groups in total. The monoisotopic (exact) mass is 230 g/mol. The van der Waals surface area contributed by atoms with Gasteiger partial charge in [0.05, 0.1) is 0 Å². The fraction of sp³-hybridized carbons (Fsp3) is 0.600. The van der Waals surface area contributed by atoms with Crippen molar-refractivity contribution in [3.8, 4) is 0 Å². The van der Waals surface area contributed by atoms with Gasteiger partial charge in [0.15, 0.2) is 0 Å². The molecule has 1 heterocycles. The normalized spacial score (nSPS) is 24.8. The van der Waals surface area contributed by atoms with Crippen molar-refractivity contribution in [1.29, 1.82) is 0 Å². The lowest BCUT2D eigenvalue weighted by Gasteiger charge is -2.32. The zero-order chi connectivity index (χ0) is 11.8. The van der Waals surface area contributed by atoms with E-state index >= 15 is 0 Å². The highest BCUT2D eigenvalue weighted by atomic mass is 15.2. The van der Waals surface area contributed by atoms with Crippen LogP contribution in [0, 0.1) is 0 Å². The van der Waals surface area contributed by atoms with Crippen LogP contribution in [0.4, 0.5) is 5.69 Å². The summed E-state index contributed by atoms with van der Waals surface area (Å²) in [5, 5.41) is 3.64. The molecule has 3 rings (SSSR count). The molecule has 1 aromatic rings. The quantitative estimate of drug-likeness (QED) is 0.855. The smallest absolute Gasteiger partial charge is 0.0404 e. The molecule has 2 aliphatic rings. The molecule has 1 fully saturated rings. The first-order chi connectivity index (χ1) is 8.25. The third-order valence-electron chi connectivity index (χ3n) is 4.01. The number of anilines is 1. The number of hydrogen-bond acceptors (Lipinski definition) is 2. The van der Waals surface area contributed by atoms with Gasteiger partial charge < -0.3 is 10.2 Å². The molecule has 1 saturated carbocycles. The highest BCUT2D eigenvalue weighted by molar-refractivity contribution is 5.59. The highest BCUT2D eigenvalue weighted by Crippen LogP contribution is 2.33. The van der Waals surface area contributed by atoms with Crippen LogP contribution in [0.5, 0.6) is 0 Å². The molecule has 1 aromatic carbocycles. The second-order valence-electron chi connectivity index (χ2n) is 5.62. The molecule has 2 unspecified atom stereocenters. The number of benzene rings is 1. The number of para-hydroxylation sites is 1. The topological polar surface area (TPSA) is 15.3 Å². The van der Waals surface area contributed by atoms with Gasteiger partial charge in [-0.15, -0.1) is 0 Å². The van der Waals surface area contributed by atoms with Gasteiger partial charge in [-0.25, -0.2) is 0 Å². The van der Waals surface area contributed by atoms with E-state index in [0.29, 0.717) is 12.1 Å². The van der Waals surface area contributed by atoms with E-state index in [9.17, 15) is 0 Å². The van der Waals surface area contributed by atoms with Crippen LogP contribution in [0.3, 0.4) is 0 Å². The van der Waals surface area contributed by atoms with Crippen molar-refractivity contribution in [3.63, 3.8) is 0 Å². The Balaban J connectivity index is 1.72. The minimum absolute atomic E-state index is 0.592.